The van der Waals surface area contributed by atoms with Gasteiger partial charge in [0, 0.05) is 0 Å². The monoisotopic (exact) mass is 220 g/mol. The number of carbonyl (C=O) groups is 1. The minimum atomic E-state index is -1.41. The molecule has 88 valence electrons. The summed E-state index contributed by atoms with van der Waals surface area (Å²) in [4.78, 5) is 12.0. The lowest BCUT2D eigenvalue weighted by atomic mass is 9.69. The third-order valence-electron chi connectivity index (χ3n) is 2.93. The maximum Gasteiger partial charge on any atom is 0.159 e. The first kappa shape index (κ1) is 12.5. The molecule has 1 saturated heterocycles. The minimum absolute atomic E-state index is 0.0966. The van der Waals surface area contributed by atoms with E-state index < -0.39 is 43.0 Å². The Morgan fingerprint density at radius 2 is 1.27 bits per heavy atom. The molecule has 1 fully saturated rings. The van der Waals surface area contributed by atoms with E-state index in [9.17, 15) is 4.79 Å². The van der Waals surface area contributed by atoms with Crippen molar-refractivity contribution < 1.29 is 30.0 Å². The van der Waals surface area contributed by atoms with Crippen LogP contribution >= 0.6 is 0 Å². The predicted molar refractivity (Wildman–Crippen MR) is 49.0 cm³/mol. The summed E-state index contributed by atoms with van der Waals surface area (Å²) in [6.45, 7) is -2.45. The Morgan fingerprint density at radius 1 is 0.933 bits per heavy atom. The van der Waals surface area contributed by atoms with E-state index in [4.69, 9.17) is 25.2 Å². The Labute approximate surface area is 87.1 Å². The van der Waals surface area contributed by atoms with Gasteiger partial charge in [-0.2, -0.15) is 0 Å². The molecule has 1 aliphatic heterocycles. The fourth-order valence-corrected chi connectivity index (χ4v) is 1.71. The van der Waals surface area contributed by atoms with E-state index in [1.54, 1.807) is 0 Å². The van der Waals surface area contributed by atoms with Gasteiger partial charge in [0.1, 0.15) is 0 Å². The number of ether oxygens (including phenoxy) is 1. The average Bonchev–Trinajstić information content (AvgIpc) is 2.30. The zero-order valence-corrected chi connectivity index (χ0v) is 8.35. The summed E-state index contributed by atoms with van der Waals surface area (Å²) in [5, 5.41) is 36.4. The number of hydrogen-bond donors (Lipinski definition) is 4. The van der Waals surface area contributed by atoms with Gasteiger partial charge in [0.2, 0.25) is 0 Å². The maximum absolute atomic E-state index is 12.0. The molecule has 0 aromatic heterocycles. The van der Waals surface area contributed by atoms with Gasteiger partial charge in [0.25, 0.3) is 0 Å². The number of aliphatic hydroxyl groups excluding tert-OH is 4. The van der Waals surface area contributed by atoms with Crippen molar-refractivity contribution in [1.82, 2.24) is 0 Å². The number of aliphatic hydroxyl groups is 4. The number of hydrogen-bond acceptors (Lipinski definition) is 6. The smallest absolute Gasteiger partial charge is 0.159 e. The second-order valence-corrected chi connectivity index (χ2v) is 4.02. The fraction of sp³-hybridized carbons (Fsp3) is 0.889. The van der Waals surface area contributed by atoms with Crippen LogP contribution in [-0.2, 0) is 9.53 Å². The lowest BCUT2D eigenvalue weighted by molar-refractivity contribution is -0.178. The van der Waals surface area contributed by atoms with E-state index in [2.05, 4.69) is 0 Å². The van der Waals surface area contributed by atoms with Gasteiger partial charge in [-0.15, -0.1) is 0 Å². The van der Waals surface area contributed by atoms with Gasteiger partial charge in [0.15, 0.2) is 5.78 Å². The second-order valence-electron chi connectivity index (χ2n) is 4.02. The molecule has 0 aromatic carbocycles. The van der Waals surface area contributed by atoms with E-state index in [1.165, 1.54) is 0 Å². The highest BCUT2D eigenvalue weighted by Gasteiger charge is 2.53. The molecule has 15 heavy (non-hydrogen) atoms. The number of rotatable bonds is 4. The third kappa shape index (κ3) is 1.79. The zero-order chi connectivity index (χ0) is 11.5. The Balaban J connectivity index is 3.01. The highest BCUT2D eigenvalue weighted by atomic mass is 16.5. The minimum Gasteiger partial charge on any atom is -0.395 e. The molecule has 0 radical (unpaired) electrons. The topological polar surface area (TPSA) is 107 Å². The van der Waals surface area contributed by atoms with Gasteiger partial charge in [-0.05, 0) is 0 Å². The number of carbonyl (C=O) groups excluding carboxylic acids is 1. The van der Waals surface area contributed by atoms with Gasteiger partial charge >= 0.3 is 0 Å². The lowest BCUT2D eigenvalue weighted by Gasteiger charge is -2.42. The van der Waals surface area contributed by atoms with Crippen LogP contribution in [-0.4, -0.2) is 65.9 Å². The molecular weight excluding hydrogens is 204 g/mol. The Bertz CT molecular complexity index is 209. The van der Waals surface area contributed by atoms with Crippen molar-refractivity contribution in [2.75, 3.05) is 39.6 Å². The van der Waals surface area contributed by atoms with E-state index in [1.807, 2.05) is 0 Å². The molecule has 0 bridgehead atoms. The molecular formula is C9H16O6. The van der Waals surface area contributed by atoms with Gasteiger partial charge in [-0.1, -0.05) is 0 Å². The van der Waals surface area contributed by atoms with E-state index in [-0.39, 0.29) is 13.2 Å². The van der Waals surface area contributed by atoms with E-state index in [0.717, 1.165) is 0 Å². The number of Topliss-reactive ketones (excluding diaryl/α,β-unsaturated/α-hetero) is 1. The van der Waals surface area contributed by atoms with Crippen LogP contribution in [0.2, 0.25) is 0 Å². The van der Waals surface area contributed by atoms with Gasteiger partial charge in [0.05, 0.1) is 50.5 Å². The summed E-state index contributed by atoms with van der Waals surface area (Å²) in [7, 11) is 0. The zero-order valence-electron chi connectivity index (χ0n) is 8.35. The molecule has 6 nitrogen and oxygen atoms in total. The Hall–Kier alpha value is -0.530. The molecule has 0 spiro atoms. The maximum atomic E-state index is 12.0. The fourth-order valence-electron chi connectivity index (χ4n) is 1.71. The molecule has 0 aromatic rings. The standard InChI is InChI=1S/C9H16O6/c10-1-8(2-11)5-15-6-9(3-12,4-13)7(8)14/h10-13H,1-6H2. The largest absolute Gasteiger partial charge is 0.395 e. The van der Waals surface area contributed by atoms with Crippen LogP contribution in [0.25, 0.3) is 0 Å². The Kier molecular flexibility index (Phi) is 3.80. The first-order valence-electron chi connectivity index (χ1n) is 4.67. The van der Waals surface area contributed by atoms with Crippen molar-refractivity contribution in [1.29, 1.82) is 0 Å². The Morgan fingerprint density at radius 3 is 1.53 bits per heavy atom. The molecule has 6 heteroatoms. The van der Waals surface area contributed by atoms with Crippen LogP contribution in [0.4, 0.5) is 0 Å². The normalized spacial score (nSPS) is 24.1. The van der Waals surface area contributed by atoms with Gasteiger partial charge < -0.3 is 25.2 Å². The molecule has 0 saturated carbocycles. The summed E-state index contributed by atoms with van der Waals surface area (Å²) in [5.41, 5.74) is -2.83. The SMILES string of the molecule is O=C1C(CO)(CO)COCC1(CO)CO. The van der Waals surface area contributed by atoms with Crippen molar-refractivity contribution in [3.63, 3.8) is 0 Å². The second kappa shape index (κ2) is 4.54. The van der Waals surface area contributed by atoms with Crippen LogP contribution in [0.15, 0.2) is 0 Å². The van der Waals surface area contributed by atoms with Crippen LogP contribution in [0.3, 0.4) is 0 Å². The highest BCUT2D eigenvalue weighted by molar-refractivity contribution is 5.91. The van der Waals surface area contributed by atoms with E-state index in [0.29, 0.717) is 0 Å². The molecule has 0 amide bonds. The summed E-state index contributed by atoms with van der Waals surface area (Å²) in [5.74, 6) is -0.545. The number of ketones is 1. The van der Waals surface area contributed by atoms with Crippen molar-refractivity contribution in [2.24, 2.45) is 10.8 Å². The third-order valence-corrected chi connectivity index (χ3v) is 2.93. The van der Waals surface area contributed by atoms with Crippen LogP contribution in [0.5, 0.6) is 0 Å². The lowest BCUT2D eigenvalue weighted by Crippen LogP contribution is -2.59. The van der Waals surface area contributed by atoms with Crippen molar-refractivity contribution >= 4 is 5.78 Å². The summed E-state index contributed by atoms with van der Waals surface area (Å²) < 4.78 is 5.07. The molecule has 0 unspecified atom stereocenters. The van der Waals surface area contributed by atoms with Crippen molar-refractivity contribution in [3.8, 4) is 0 Å². The first-order valence-corrected chi connectivity index (χ1v) is 4.67. The molecule has 1 heterocycles. The molecule has 1 aliphatic rings. The van der Waals surface area contributed by atoms with E-state index >= 15 is 0 Å². The van der Waals surface area contributed by atoms with Crippen LogP contribution in [0, 0.1) is 10.8 Å². The summed E-state index contributed by atoms with van der Waals surface area (Å²) in [6.07, 6.45) is 0. The molecule has 0 atom stereocenters. The van der Waals surface area contributed by atoms with Crippen LogP contribution in [0.1, 0.15) is 0 Å². The summed E-state index contributed by atoms with van der Waals surface area (Å²) in [6, 6.07) is 0. The van der Waals surface area contributed by atoms with Crippen LogP contribution < -0.4 is 0 Å². The van der Waals surface area contributed by atoms with Gasteiger partial charge in [-0.3, -0.25) is 4.79 Å². The van der Waals surface area contributed by atoms with Crippen molar-refractivity contribution in [3.05, 3.63) is 0 Å². The highest BCUT2D eigenvalue weighted by Crippen LogP contribution is 2.35. The van der Waals surface area contributed by atoms with Gasteiger partial charge in [-0.25, -0.2) is 0 Å². The average molecular weight is 220 g/mol. The summed E-state index contributed by atoms with van der Waals surface area (Å²) >= 11 is 0. The van der Waals surface area contributed by atoms with Crippen molar-refractivity contribution in [2.45, 2.75) is 0 Å². The molecule has 0 aliphatic carbocycles. The first-order chi connectivity index (χ1) is 7.10. The molecule has 1 rings (SSSR count). The molecule has 4 N–H and O–H groups in total. The predicted octanol–water partition coefficient (Wildman–Crippen LogP) is -2.47. The quantitative estimate of drug-likeness (QED) is 0.418.